The highest BCUT2D eigenvalue weighted by atomic mass is 127. The number of carbonyl (C=O) groups excluding carboxylic acids is 1. The molecule has 0 spiro atoms. The Kier molecular flexibility index (Phi) is 4.65. The maximum atomic E-state index is 11.2. The summed E-state index contributed by atoms with van der Waals surface area (Å²) in [6, 6.07) is 9.75. The van der Waals surface area contributed by atoms with Crippen molar-refractivity contribution in [3.05, 3.63) is 42.0 Å². The maximum absolute atomic E-state index is 11.2. The van der Waals surface area contributed by atoms with Gasteiger partial charge in [-0.2, -0.15) is 0 Å². The molecule has 1 unspecified atom stereocenters. The Labute approximate surface area is 97.5 Å². The Morgan fingerprint density at radius 3 is 2.64 bits per heavy atom. The fraction of sp³-hybridized carbons (Fsp3) is 0.182. The van der Waals surface area contributed by atoms with Gasteiger partial charge in [-0.1, -0.05) is 52.9 Å². The van der Waals surface area contributed by atoms with Crippen molar-refractivity contribution in [3.63, 3.8) is 0 Å². The molecule has 1 aromatic rings. The molecular formula is C11H12INO. The van der Waals surface area contributed by atoms with Gasteiger partial charge in [-0.05, 0) is 18.6 Å². The molecule has 2 nitrogen and oxygen atoms in total. The van der Waals surface area contributed by atoms with Gasteiger partial charge in [-0.15, -0.1) is 0 Å². The summed E-state index contributed by atoms with van der Waals surface area (Å²) in [6.45, 7) is 1.93. The first kappa shape index (κ1) is 11.2. The summed E-state index contributed by atoms with van der Waals surface area (Å²) in [5.74, 6) is -0.0595. The van der Waals surface area contributed by atoms with Crippen molar-refractivity contribution in [2.45, 2.75) is 11.0 Å². The van der Waals surface area contributed by atoms with E-state index in [0.29, 0.717) is 0 Å². The van der Waals surface area contributed by atoms with Gasteiger partial charge in [0.05, 0.1) is 4.05 Å². The highest BCUT2D eigenvalue weighted by Gasteiger charge is 1.97. The van der Waals surface area contributed by atoms with E-state index >= 15 is 0 Å². The third-order valence-electron chi connectivity index (χ3n) is 1.57. The number of alkyl halides is 1. The summed E-state index contributed by atoms with van der Waals surface area (Å²) in [7, 11) is 0. The van der Waals surface area contributed by atoms with Gasteiger partial charge in [0.25, 0.3) is 0 Å². The van der Waals surface area contributed by atoms with Crippen molar-refractivity contribution in [1.29, 1.82) is 0 Å². The van der Waals surface area contributed by atoms with Gasteiger partial charge in [0.2, 0.25) is 5.91 Å². The average molecular weight is 301 g/mol. The number of rotatable bonds is 3. The van der Waals surface area contributed by atoms with Gasteiger partial charge in [-0.25, -0.2) is 0 Å². The normalized spacial score (nSPS) is 12.7. The van der Waals surface area contributed by atoms with E-state index in [1.54, 1.807) is 12.2 Å². The van der Waals surface area contributed by atoms with Crippen LogP contribution in [0, 0.1) is 0 Å². The van der Waals surface area contributed by atoms with Gasteiger partial charge in [-0.3, -0.25) is 4.79 Å². The summed E-state index contributed by atoms with van der Waals surface area (Å²) < 4.78 is 0.153. The van der Waals surface area contributed by atoms with E-state index in [1.807, 2.05) is 37.3 Å². The molecule has 0 bridgehead atoms. The van der Waals surface area contributed by atoms with E-state index in [0.717, 1.165) is 5.56 Å². The molecule has 1 atom stereocenters. The van der Waals surface area contributed by atoms with Crippen molar-refractivity contribution in [3.8, 4) is 0 Å². The fourth-order valence-corrected chi connectivity index (χ4v) is 1.29. The standard InChI is InChI=1S/C11H12INO/c1-9(12)13-11(14)8-7-10-5-3-2-4-6-10/h2-9H,1H3,(H,13,14)/b8-7+. The second kappa shape index (κ2) is 5.80. The lowest BCUT2D eigenvalue weighted by Gasteiger charge is -2.02. The van der Waals surface area contributed by atoms with Crippen LogP contribution in [0.15, 0.2) is 36.4 Å². The average Bonchev–Trinajstić information content (AvgIpc) is 2.15. The number of benzene rings is 1. The van der Waals surface area contributed by atoms with Gasteiger partial charge < -0.3 is 5.32 Å². The molecule has 0 radical (unpaired) electrons. The molecule has 74 valence electrons. The minimum Gasteiger partial charge on any atom is -0.341 e. The molecule has 0 aliphatic carbocycles. The molecule has 0 aromatic heterocycles. The quantitative estimate of drug-likeness (QED) is 0.395. The van der Waals surface area contributed by atoms with Crippen molar-refractivity contribution in [1.82, 2.24) is 5.32 Å². The topological polar surface area (TPSA) is 29.1 Å². The summed E-state index contributed by atoms with van der Waals surface area (Å²) in [4.78, 5) is 11.2. The van der Waals surface area contributed by atoms with E-state index in [9.17, 15) is 4.79 Å². The Morgan fingerprint density at radius 2 is 2.07 bits per heavy atom. The van der Waals surface area contributed by atoms with Gasteiger partial charge in [0, 0.05) is 6.08 Å². The largest absolute Gasteiger partial charge is 0.341 e. The Bertz CT molecular complexity index is 319. The lowest BCUT2D eigenvalue weighted by molar-refractivity contribution is -0.116. The van der Waals surface area contributed by atoms with Crippen molar-refractivity contribution >= 4 is 34.6 Å². The molecule has 1 rings (SSSR count). The summed E-state index contributed by atoms with van der Waals surface area (Å²) in [5.41, 5.74) is 1.03. The van der Waals surface area contributed by atoms with Gasteiger partial charge in [0.1, 0.15) is 0 Å². The third-order valence-corrected chi connectivity index (χ3v) is 1.88. The fourth-order valence-electron chi connectivity index (χ4n) is 0.980. The molecule has 0 saturated heterocycles. The molecule has 3 heteroatoms. The van der Waals surface area contributed by atoms with Crippen LogP contribution >= 0.6 is 22.6 Å². The minimum atomic E-state index is -0.0595. The second-order valence-corrected chi connectivity index (χ2v) is 4.74. The van der Waals surface area contributed by atoms with E-state index in [1.165, 1.54) is 0 Å². The maximum Gasteiger partial charge on any atom is 0.244 e. The molecule has 0 aliphatic rings. The summed E-state index contributed by atoms with van der Waals surface area (Å²) >= 11 is 2.15. The first-order chi connectivity index (χ1) is 6.68. The molecule has 0 saturated carbocycles. The first-order valence-corrected chi connectivity index (χ1v) is 5.61. The van der Waals surface area contributed by atoms with Gasteiger partial charge in [0.15, 0.2) is 0 Å². The highest BCUT2D eigenvalue weighted by Crippen LogP contribution is 2.01. The number of hydrogen-bond acceptors (Lipinski definition) is 1. The van der Waals surface area contributed by atoms with E-state index in [2.05, 4.69) is 27.9 Å². The molecule has 0 aliphatic heterocycles. The molecule has 1 amide bonds. The van der Waals surface area contributed by atoms with Crippen molar-refractivity contribution in [2.24, 2.45) is 0 Å². The van der Waals surface area contributed by atoms with E-state index in [4.69, 9.17) is 0 Å². The van der Waals surface area contributed by atoms with E-state index < -0.39 is 0 Å². The predicted molar refractivity (Wildman–Crippen MR) is 67.1 cm³/mol. The van der Waals surface area contributed by atoms with Crippen LogP contribution in [0.2, 0.25) is 0 Å². The van der Waals surface area contributed by atoms with Crippen LogP contribution in [-0.2, 0) is 4.79 Å². The zero-order chi connectivity index (χ0) is 10.4. The number of carbonyl (C=O) groups is 1. The number of nitrogens with one attached hydrogen (secondary N) is 1. The number of hydrogen-bond donors (Lipinski definition) is 1. The Morgan fingerprint density at radius 1 is 1.43 bits per heavy atom. The predicted octanol–water partition coefficient (Wildman–Crippen LogP) is 2.60. The van der Waals surface area contributed by atoms with Crippen LogP contribution in [0.3, 0.4) is 0 Å². The zero-order valence-corrected chi connectivity index (χ0v) is 10.1. The lowest BCUT2D eigenvalue weighted by Crippen LogP contribution is -2.25. The van der Waals surface area contributed by atoms with E-state index in [-0.39, 0.29) is 9.96 Å². The summed E-state index contributed by atoms with van der Waals surface area (Å²) in [5, 5.41) is 2.77. The van der Waals surface area contributed by atoms with Crippen LogP contribution in [-0.4, -0.2) is 9.96 Å². The molecule has 0 heterocycles. The van der Waals surface area contributed by atoms with Crippen LogP contribution < -0.4 is 5.32 Å². The molecule has 0 fully saturated rings. The van der Waals surface area contributed by atoms with Crippen LogP contribution in [0.1, 0.15) is 12.5 Å². The minimum absolute atomic E-state index is 0.0595. The number of amides is 1. The first-order valence-electron chi connectivity index (χ1n) is 4.36. The van der Waals surface area contributed by atoms with Crippen LogP contribution in [0.5, 0.6) is 0 Å². The van der Waals surface area contributed by atoms with Crippen molar-refractivity contribution < 1.29 is 4.79 Å². The highest BCUT2D eigenvalue weighted by molar-refractivity contribution is 14.1. The van der Waals surface area contributed by atoms with Crippen LogP contribution in [0.4, 0.5) is 0 Å². The Balaban J connectivity index is 2.52. The Hall–Kier alpha value is -0.840. The lowest BCUT2D eigenvalue weighted by atomic mass is 10.2. The number of halogens is 1. The van der Waals surface area contributed by atoms with Crippen molar-refractivity contribution in [2.75, 3.05) is 0 Å². The van der Waals surface area contributed by atoms with Gasteiger partial charge >= 0.3 is 0 Å². The molecular weight excluding hydrogens is 289 g/mol. The zero-order valence-electron chi connectivity index (χ0n) is 7.91. The third kappa shape index (κ3) is 4.41. The SMILES string of the molecule is CC(I)NC(=O)/C=C/c1ccccc1. The molecule has 14 heavy (non-hydrogen) atoms. The summed E-state index contributed by atoms with van der Waals surface area (Å²) in [6.07, 6.45) is 3.35. The monoisotopic (exact) mass is 301 g/mol. The molecule has 1 N–H and O–H groups in total. The van der Waals surface area contributed by atoms with Crippen LogP contribution in [0.25, 0.3) is 6.08 Å². The second-order valence-electron chi connectivity index (χ2n) is 2.87. The smallest absolute Gasteiger partial charge is 0.244 e. The molecule has 1 aromatic carbocycles.